The Bertz CT molecular complexity index is 3200. The maximum atomic E-state index is 6.80. The van der Waals surface area contributed by atoms with Crippen molar-refractivity contribution >= 4 is 57.0 Å². The minimum Gasteiger partial charge on any atom is -0.457 e. The first-order chi connectivity index (χ1) is 30.7. The van der Waals surface area contributed by atoms with E-state index in [1.165, 1.54) is 50.2 Å². The molecule has 6 aromatic carbocycles. The zero-order valence-electron chi connectivity index (χ0n) is 36.3. The van der Waals surface area contributed by atoms with Crippen LogP contribution < -0.4 is 14.5 Å². The van der Waals surface area contributed by atoms with E-state index in [0.717, 1.165) is 50.8 Å². The van der Waals surface area contributed by atoms with Gasteiger partial charge in [0.25, 0.3) is 0 Å². The van der Waals surface area contributed by atoms with Crippen LogP contribution in [0.15, 0.2) is 194 Å². The average Bonchev–Trinajstić information content (AvgIpc) is 3.85. The van der Waals surface area contributed by atoms with Gasteiger partial charge in [-0.25, -0.2) is 4.98 Å². The Hall–Kier alpha value is -7.51. The summed E-state index contributed by atoms with van der Waals surface area (Å²) < 4.78 is 9.06. The first-order valence-electron chi connectivity index (χ1n) is 21.8. The molecule has 0 saturated heterocycles. The van der Waals surface area contributed by atoms with Crippen LogP contribution in [0.4, 0.5) is 17.1 Å². The molecule has 11 rings (SSSR count). The normalized spacial score (nSPS) is 14.8. The number of nitrogens with zero attached hydrogens (tertiary/aromatic N) is 5. The van der Waals surface area contributed by atoms with Crippen LogP contribution in [0, 0.1) is 13.8 Å². The number of ether oxygens (including phenoxy) is 1. The fourth-order valence-electron chi connectivity index (χ4n) is 9.35. The van der Waals surface area contributed by atoms with E-state index in [-0.39, 0.29) is 12.3 Å². The molecule has 8 aromatic rings. The molecule has 7 heteroatoms. The molecular weight excluding hydrogens is 769 g/mol. The predicted molar refractivity (Wildman–Crippen MR) is 263 cm³/mol. The van der Waals surface area contributed by atoms with Crippen LogP contribution >= 0.6 is 0 Å². The fraction of sp³-hybridized carbons (Fsp3) is 0.125. The van der Waals surface area contributed by atoms with Crippen molar-refractivity contribution in [3.63, 3.8) is 0 Å². The van der Waals surface area contributed by atoms with Crippen molar-refractivity contribution in [1.82, 2.24) is 14.4 Å². The molecule has 0 fully saturated rings. The minimum absolute atomic E-state index is 0.00917. The van der Waals surface area contributed by atoms with Crippen molar-refractivity contribution in [2.45, 2.75) is 40.0 Å². The van der Waals surface area contributed by atoms with E-state index in [1.54, 1.807) is 0 Å². The topological polar surface area (TPSA) is 36.8 Å². The van der Waals surface area contributed by atoms with Crippen molar-refractivity contribution < 1.29 is 4.74 Å². The largest absolute Gasteiger partial charge is 0.457 e. The van der Waals surface area contributed by atoms with Gasteiger partial charge in [0, 0.05) is 34.8 Å². The van der Waals surface area contributed by atoms with Crippen LogP contribution in [-0.2, 0) is 5.41 Å². The molecule has 0 N–H and O–H groups in total. The number of aromatic nitrogens is 2. The smallest absolute Gasteiger partial charge is 0.313 e. The quantitative estimate of drug-likeness (QED) is 0.150. The van der Waals surface area contributed by atoms with E-state index in [1.807, 2.05) is 12.3 Å². The Morgan fingerprint density at radius 2 is 1.30 bits per heavy atom. The number of para-hydroxylation sites is 3. The molecule has 0 atom stereocenters. The second-order valence-corrected chi connectivity index (χ2v) is 17.9. The first kappa shape index (κ1) is 38.4. The van der Waals surface area contributed by atoms with E-state index in [2.05, 4.69) is 230 Å². The van der Waals surface area contributed by atoms with Gasteiger partial charge < -0.3 is 19.3 Å². The summed E-state index contributed by atoms with van der Waals surface area (Å²) in [6.07, 6.45) is 8.44. The lowest BCUT2D eigenvalue weighted by Gasteiger charge is -2.39. The van der Waals surface area contributed by atoms with E-state index in [9.17, 15) is 0 Å². The summed E-state index contributed by atoms with van der Waals surface area (Å²) in [6, 6.07) is 54.5. The van der Waals surface area contributed by atoms with E-state index in [0.29, 0.717) is 6.67 Å². The molecule has 0 spiro atoms. The van der Waals surface area contributed by atoms with Crippen LogP contribution in [-0.4, -0.2) is 27.9 Å². The third-order valence-electron chi connectivity index (χ3n) is 12.6. The lowest BCUT2D eigenvalue weighted by Crippen LogP contribution is -2.40. The second-order valence-electron chi connectivity index (χ2n) is 17.9. The molecule has 0 aliphatic carbocycles. The van der Waals surface area contributed by atoms with Gasteiger partial charge in [-0.1, -0.05) is 135 Å². The number of anilines is 3. The van der Waals surface area contributed by atoms with Gasteiger partial charge in [0.2, 0.25) is 0 Å². The minimum atomic E-state index is -0.00917. The molecule has 3 aliphatic rings. The van der Waals surface area contributed by atoms with Crippen LogP contribution in [0.25, 0.3) is 38.9 Å². The Morgan fingerprint density at radius 1 is 0.603 bits per heavy atom. The number of rotatable bonds is 7. The third-order valence-corrected chi connectivity index (χ3v) is 12.6. The van der Waals surface area contributed by atoms with Crippen LogP contribution in [0.5, 0.6) is 11.5 Å². The molecule has 6 nitrogen and oxygen atoms in total. The molecule has 306 valence electrons. The highest BCUT2D eigenvalue weighted by molar-refractivity contribution is 6.70. The highest BCUT2D eigenvalue weighted by Crippen LogP contribution is 2.49. The van der Waals surface area contributed by atoms with Gasteiger partial charge in [-0.3, -0.25) is 4.57 Å². The lowest BCUT2D eigenvalue weighted by molar-refractivity contribution is 0.483. The lowest BCUT2D eigenvalue weighted by atomic mass is 9.55. The van der Waals surface area contributed by atoms with E-state index < -0.39 is 0 Å². The number of allylic oxidation sites excluding steroid dienone is 3. The van der Waals surface area contributed by atoms with E-state index in [4.69, 9.17) is 9.72 Å². The molecule has 0 radical (unpaired) electrons. The van der Waals surface area contributed by atoms with E-state index >= 15 is 0 Å². The van der Waals surface area contributed by atoms with Crippen molar-refractivity contribution in [2.75, 3.05) is 16.5 Å². The fourth-order valence-corrected chi connectivity index (χ4v) is 9.35. The van der Waals surface area contributed by atoms with Crippen molar-refractivity contribution in [3.8, 4) is 17.3 Å². The number of hydrogen-bond acceptors (Lipinski definition) is 5. The zero-order chi connectivity index (χ0) is 42.8. The van der Waals surface area contributed by atoms with Gasteiger partial charge in [-0.2, -0.15) is 0 Å². The monoisotopic (exact) mass is 817 g/mol. The molecule has 5 heterocycles. The number of fused-ring (bicyclic) bond motifs is 5. The highest BCUT2D eigenvalue weighted by atomic mass is 16.5. The first-order valence-corrected chi connectivity index (χ1v) is 21.8. The van der Waals surface area contributed by atoms with Gasteiger partial charge in [0.1, 0.15) is 24.0 Å². The predicted octanol–water partition coefficient (Wildman–Crippen LogP) is 13.7. The summed E-state index contributed by atoms with van der Waals surface area (Å²) in [5.41, 5.74) is 15.2. The molecule has 63 heavy (non-hydrogen) atoms. The third kappa shape index (κ3) is 6.81. The van der Waals surface area contributed by atoms with Gasteiger partial charge in [-0.15, -0.1) is 0 Å². The maximum Gasteiger partial charge on any atom is 0.313 e. The number of pyridine rings is 1. The summed E-state index contributed by atoms with van der Waals surface area (Å²) in [4.78, 5) is 12.2. The van der Waals surface area contributed by atoms with Crippen LogP contribution in [0.3, 0.4) is 0 Å². The van der Waals surface area contributed by atoms with Gasteiger partial charge >= 0.3 is 6.85 Å². The van der Waals surface area contributed by atoms with Crippen LogP contribution in [0.1, 0.15) is 48.6 Å². The van der Waals surface area contributed by atoms with Crippen molar-refractivity contribution in [1.29, 1.82) is 0 Å². The zero-order valence-corrected chi connectivity index (χ0v) is 36.3. The standard InChI is InChI=1S/C56H48BN5O/c1-38-19-23-40(24-20-38)48-36-57-30-10-11-32-61(57)54(41-25-21-39(2)22-26-41)55(48)60-37-59(50-17-8-9-18-51(50)60)43-13-12-14-44(34-43)63-45-27-28-47-46-15-6-7-16-49(46)62(52(47)35-45)53-33-42(29-31-58-53)56(3,4)5/h6-36H,37H2,1-5H3. The highest BCUT2D eigenvalue weighted by Gasteiger charge is 2.38. The Balaban J connectivity index is 0.993. The van der Waals surface area contributed by atoms with Gasteiger partial charge in [0.15, 0.2) is 0 Å². The van der Waals surface area contributed by atoms with Crippen molar-refractivity contribution in [2.24, 2.45) is 0 Å². The molecule has 0 unspecified atom stereocenters. The maximum absolute atomic E-state index is 6.80. The Labute approximate surface area is 370 Å². The summed E-state index contributed by atoms with van der Waals surface area (Å²) in [5.74, 6) is 7.13. The molecule has 0 amide bonds. The SMILES string of the molecule is Cc1ccc(C2=CB3C=CC=CN3C(c3ccc(C)cc3)=C2N2CN(c3cccc(Oc4ccc5c6ccccc6n(-c6cc(C(C)(C)C)ccn6)c5c4)c3)c3ccccc32)cc1. The average molecular weight is 818 g/mol. The second kappa shape index (κ2) is 15.1. The van der Waals surface area contributed by atoms with Crippen molar-refractivity contribution in [3.05, 3.63) is 222 Å². The van der Waals surface area contributed by atoms with Gasteiger partial charge in [0.05, 0.1) is 33.8 Å². The molecule has 2 aromatic heterocycles. The summed E-state index contributed by atoms with van der Waals surface area (Å²) >= 11 is 0. The Kier molecular flexibility index (Phi) is 9.23. The number of hydrogen-bond donors (Lipinski definition) is 0. The van der Waals surface area contributed by atoms with Gasteiger partial charge in [-0.05, 0) is 108 Å². The Morgan fingerprint density at radius 3 is 2.08 bits per heavy atom. The number of aryl methyl sites for hydroxylation is 2. The molecule has 3 aliphatic heterocycles. The molecular formula is C56H48BN5O. The summed E-state index contributed by atoms with van der Waals surface area (Å²) in [5, 5.41) is 2.34. The van der Waals surface area contributed by atoms with Crippen LogP contribution in [0.2, 0.25) is 0 Å². The molecule has 0 bridgehead atoms. The number of benzene rings is 6. The summed E-state index contributed by atoms with van der Waals surface area (Å²) in [6.45, 7) is 11.7. The summed E-state index contributed by atoms with van der Waals surface area (Å²) in [7, 11) is 0. The molecule has 0 saturated carbocycles.